The van der Waals surface area contributed by atoms with Gasteiger partial charge in [-0.05, 0) is 12.5 Å². The summed E-state index contributed by atoms with van der Waals surface area (Å²) in [6, 6.07) is 20.0. The van der Waals surface area contributed by atoms with Crippen molar-refractivity contribution in [2.75, 3.05) is 7.11 Å². The number of hydrogen-bond donors (Lipinski definition) is 0. The standard InChI is InChI=1S/C21H24O5/c1-14-17-18(26-20(25-17)16-11-7-4-8-12-16)19(21(22-2)24-14)23-13-15-9-5-3-6-10-15/h3-12,14,17-21H,13H2,1-2H3/t14?,17-,18?,19?,20-,21-/m1/s1. The minimum absolute atomic E-state index is 0.143. The van der Waals surface area contributed by atoms with Crippen LogP contribution in [0.5, 0.6) is 0 Å². The van der Waals surface area contributed by atoms with Crippen LogP contribution in [0.1, 0.15) is 24.3 Å². The summed E-state index contributed by atoms with van der Waals surface area (Å²) in [5.74, 6) is 0. The van der Waals surface area contributed by atoms with Crippen molar-refractivity contribution in [1.29, 1.82) is 0 Å². The second-order valence-electron chi connectivity index (χ2n) is 6.65. The van der Waals surface area contributed by atoms with E-state index in [2.05, 4.69) is 0 Å². The van der Waals surface area contributed by atoms with E-state index in [1.165, 1.54) is 0 Å². The van der Waals surface area contributed by atoms with Crippen molar-refractivity contribution in [3.05, 3.63) is 71.8 Å². The molecule has 0 radical (unpaired) electrons. The van der Waals surface area contributed by atoms with Crippen molar-refractivity contribution in [1.82, 2.24) is 0 Å². The maximum Gasteiger partial charge on any atom is 0.186 e. The molecule has 6 atom stereocenters. The molecule has 2 aliphatic rings. The lowest BCUT2D eigenvalue weighted by atomic mass is 10.00. The summed E-state index contributed by atoms with van der Waals surface area (Å²) in [7, 11) is 1.63. The predicted molar refractivity (Wildman–Crippen MR) is 95.3 cm³/mol. The molecule has 2 aromatic rings. The van der Waals surface area contributed by atoms with Crippen LogP contribution in [0.15, 0.2) is 60.7 Å². The van der Waals surface area contributed by atoms with Crippen molar-refractivity contribution < 1.29 is 23.7 Å². The molecular formula is C21H24O5. The monoisotopic (exact) mass is 356 g/mol. The zero-order chi connectivity index (χ0) is 17.9. The second-order valence-corrected chi connectivity index (χ2v) is 6.65. The fourth-order valence-electron chi connectivity index (χ4n) is 3.53. The molecular weight excluding hydrogens is 332 g/mol. The highest BCUT2D eigenvalue weighted by molar-refractivity contribution is 5.17. The van der Waals surface area contributed by atoms with Gasteiger partial charge in [0.2, 0.25) is 0 Å². The topological polar surface area (TPSA) is 46.2 Å². The van der Waals surface area contributed by atoms with E-state index in [9.17, 15) is 0 Å². The van der Waals surface area contributed by atoms with Crippen LogP contribution in [0, 0.1) is 0 Å². The second kappa shape index (κ2) is 7.86. The van der Waals surface area contributed by atoms with Gasteiger partial charge in [0.25, 0.3) is 0 Å². The predicted octanol–water partition coefficient (Wildman–Crippen LogP) is 3.45. The lowest BCUT2D eigenvalue weighted by molar-refractivity contribution is -0.278. The van der Waals surface area contributed by atoms with Gasteiger partial charge in [0, 0.05) is 12.7 Å². The number of ether oxygens (including phenoxy) is 5. The average molecular weight is 356 g/mol. The number of benzene rings is 2. The molecule has 0 N–H and O–H groups in total. The fourth-order valence-corrected chi connectivity index (χ4v) is 3.53. The zero-order valence-corrected chi connectivity index (χ0v) is 15.0. The first-order valence-corrected chi connectivity index (χ1v) is 8.96. The Balaban J connectivity index is 1.52. The SMILES string of the molecule is CO[C@@H]1OC(C)[C@H]2O[C@@H](c3ccccc3)OC2C1OCc1ccccc1. The highest BCUT2D eigenvalue weighted by Crippen LogP contribution is 2.40. The summed E-state index contributed by atoms with van der Waals surface area (Å²) in [4.78, 5) is 0. The highest BCUT2D eigenvalue weighted by Gasteiger charge is 2.52. The van der Waals surface area contributed by atoms with Crippen LogP contribution in [-0.2, 0) is 30.3 Å². The number of hydrogen-bond acceptors (Lipinski definition) is 5. The summed E-state index contributed by atoms with van der Waals surface area (Å²) >= 11 is 0. The van der Waals surface area contributed by atoms with Gasteiger partial charge < -0.3 is 23.7 Å². The van der Waals surface area contributed by atoms with Crippen LogP contribution < -0.4 is 0 Å². The normalized spacial score (nSPS) is 33.8. The van der Waals surface area contributed by atoms with E-state index in [1.807, 2.05) is 67.6 Å². The highest BCUT2D eigenvalue weighted by atomic mass is 16.8. The molecule has 3 unspecified atom stereocenters. The van der Waals surface area contributed by atoms with Gasteiger partial charge in [0.15, 0.2) is 12.6 Å². The summed E-state index contributed by atoms with van der Waals surface area (Å²) in [6.45, 7) is 2.44. The van der Waals surface area contributed by atoms with E-state index in [0.29, 0.717) is 6.61 Å². The average Bonchev–Trinajstić information content (AvgIpc) is 3.14. The molecule has 0 spiro atoms. The van der Waals surface area contributed by atoms with E-state index in [-0.39, 0.29) is 24.4 Å². The van der Waals surface area contributed by atoms with E-state index in [4.69, 9.17) is 23.7 Å². The fraction of sp³-hybridized carbons (Fsp3) is 0.429. The number of rotatable bonds is 5. The molecule has 2 aromatic carbocycles. The molecule has 2 aliphatic heterocycles. The van der Waals surface area contributed by atoms with Crippen molar-refractivity contribution in [2.45, 2.75) is 50.5 Å². The number of methoxy groups -OCH3 is 1. The van der Waals surface area contributed by atoms with Crippen molar-refractivity contribution in [3.8, 4) is 0 Å². The first kappa shape index (κ1) is 17.6. The third-order valence-electron chi connectivity index (χ3n) is 4.88. The maximum atomic E-state index is 6.25. The molecule has 2 saturated heterocycles. The van der Waals surface area contributed by atoms with Crippen LogP contribution in [0.2, 0.25) is 0 Å². The molecule has 0 aromatic heterocycles. The zero-order valence-electron chi connectivity index (χ0n) is 15.0. The molecule has 0 aliphatic carbocycles. The Kier molecular flexibility index (Phi) is 5.33. The van der Waals surface area contributed by atoms with Gasteiger partial charge in [0.1, 0.15) is 18.3 Å². The van der Waals surface area contributed by atoms with E-state index >= 15 is 0 Å². The van der Waals surface area contributed by atoms with Crippen molar-refractivity contribution in [2.24, 2.45) is 0 Å². The Morgan fingerprint density at radius 1 is 0.846 bits per heavy atom. The quantitative estimate of drug-likeness (QED) is 0.821. The summed E-state index contributed by atoms with van der Waals surface area (Å²) in [5, 5.41) is 0. The third-order valence-corrected chi connectivity index (χ3v) is 4.88. The van der Waals surface area contributed by atoms with Crippen LogP contribution in [0.4, 0.5) is 0 Å². The van der Waals surface area contributed by atoms with E-state index < -0.39 is 12.6 Å². The minimum Gasteiger partial charge on any atom is -0.365 e. The molecule has 2 fully saturated rings. The van der Waals surface area contributed by atoms with Gasteiger partial charge in [-0.15, -0.1) is 0 Å². The lowest BCUT2D eigenvalue weighted by Crippen LogP contribution is -2.56. The van der Waals surface area contributed by atoms with Gasteiger partial charge in [-0.3, -0.25) is 0 Å². The van der Waals surface area contributed by atoms with E-state index in [1.54, 1.807) is 7.11 Å². The molecule has 138 valence electrons. The molecule has 26 heavy (non-hydrogen) atoms. The summed E-state index contributed by atoms with van der Waals surface area (Å²) < 4.78 is 30.1. The third kappa shape index (κ3) is 3.54. The molecule has 4 rings (SSSR count). The molecule has 0 bridgehead atoms. The van der Waals surface area contributed by atoms with Crippen LogP contribution in [0.25, 0.3) is 0 Å². The van der Waals surface area contributed by atoms with Crippen LogP contribution >= 0.6 is 0 Å². The largest absolute Gasteiger partial charge is 0.365 e. The Hall–Kier alpha value is -1.76. The van der Waals surface area contributed by atoms with Crippen LogP contribution in [-0.4, -0.2) is 37.8 Å². The molecule has 5 heteroatoms. The van der Waals surface area contributed by atoms with Crippen molar-refractivity contribution in [3.63, 3.8) is 0 Å². The molecule has 0 saturated carbocycles. The smallest absolute Gasteiger partial charge is 0.186 e. The molecule has 5 nitrogen and oxygen atoms in total. The maximum absolute atomic E-state index is 6.25. The first-order chi connectivity index (χ1) is 12.8. The summed E-state index contributed by atoms with van der Waals surface area (Å²) in [6.07, 6.45) is -1.88. The van der Waals surface area contributed by atoms with Crippen LogP contribution in [0.3, 0.4) is 0 Å². The Morgan fingerprint density at radius 3 is 2.19 bits per heavy atom. The minimum atomic E-state index is -0.493. The van der Waals surface area contributed by atoms with Gasteiger partial charge in [-0.2, -0.15) is 0 Å². The van der Waals surface area contributed by atoms with Gasteiger partial charge >= 0.3 is 0 Å². The van der Waals surface area contributed by atoms with E-state index in [0.717, 1.165) is 11.1 Å². The van der Waals surface area contributed by atoms with Crippen molar-refractivity contribution >= 4 is 0 Å². The molecule has 0 amide bonds. The Morgan fingerprint density at radius 2 is 1.50 bits per heavy atom. The summed E-state index contributed by atoms with van der Waals surface area (Å²) in [5.41, 5.74) is 2.08. The van der Waals surface area contributed by atoms with Gasteiger partial charge in [-0.25, -0.2) is 0 Å². The number of fused-ring (bicyclic) bond motifs is 1. The van der Waals surface area contributed by atoms with Gasteiger partial charge in [-0.1, -0.05) is 60.7 Å². The van der Waals surface area contributed by atoms with Gasteiger partial charge in [0.05, 0.1) is 12.7 Å². The lowest BCUT2D eigenvalue weighted by Gasteiger charge is -2.40. The Bertz CT molecular complexity index is 692. The molecule has 2 heterocycles. The Labute approximate surface area is 153 Å². The first-order valence-electron chi connectivity index (χ1n) is 8.96.